The molecule has 2 nitrogen and oxygen atoms in total. The van der Waals surface area contributed by atoms with Crippen LogP contribution in [0.4, 0.5) is 5.69 Å². The largest absolute Gasteiger partial charge is 0.326 e. The number of benzene rings is 1. The van der Waals surface area contributed by atoms with E-state index in [1.54, 1.807) is 0 Å². The quantitative estimate of drug-likeness (QED) is 0.736. The molecule has 0 aliphatic heterocycles. The van der Waals surface area contributed by atoms with Crippen LogP contribution < -0.4 is 5.32 Å². The third-order valence-corrected chi connectivity index (χ3v) is 1.99. The van der Waals surface area contributed by atoms with Crippen LogP contribution in [0.1, 0.15) is 19.4 Å². The highest BCUT2D eigenvalue weighted by molar-refractivity contribution is 7.80. The summed E-state index contributed by atoms with van der Waals surface area (Å²) in [7, 11) is 0. The van der Waals surface area contributed by atoms with E-state index in [0.717, 1.165) is 12.1 Å². The molecule has 1 unspecified atom stereocenters. The fourth-order valence-corrected chi connectivity index (χ4v) is 1.48. The predicted octanol–water partition coefficient (Wildman–Crippen LogP) is 2.51. The molecule has 0 saturated carbocycles. The van der Waals surface area contributed by atoms with Crippen LogP contribution >= 0.6 is 12.6 Å². The normalized spacial score (nSPS) is 12.2. The number of rotatable bonds is 3. The van der Waals surface area contributed by atoms with Gasteiger partial charge in [-0.2, -0.15) is 12.6 Å². The lowest BCUT2D eigenvalue weighted by molar-refractivity contribution is -0.114. The molecule has 3 heteroatoms. The number of carbonyl (C=O) groups excluding carboxylic acids is 1. The number of amides is 1. The first-order valence-electron chi connectivity index (χ1n) is 4.62. The third-order valence-electron chi connectivity index (χ3n) is 1.81. The molecular weight excluding hydrogens is 194 g/mol. The average Bonchev–Trinajstić information content (AvgIpc) is 2.06. The molecule has 1 N–H and O–H groups in total. The predicted molar refractivity (Wildman–Crippen MR) is 62.9 cm³/mol. The van der Waals surface area contributed by atoms with Gasteiger partial charge in [0.25, 0.3) is 0 Å². The number of nitrogens with one attached hydrogen (secondary N) is 1. The zero-order valence-corrected chi connectivity index (χ0v) is 9.34. The number of hydrogen-bond donors (Lipinski definition) is 2. The fraction of sp³-hybridized carbons (Fsp3) is 0.364. The molecule has 0 heterocycles. The van der Waals surface area contributed by atoms with Crippen molar-refractivity contribution >= 4 is 24.2 Å². The second kappa shape index (κ2) is 5.05. The first-order valence-corrected chi connectivity index (χ1v) is 5.14. The summed E-state index contributed by atoms with van der Waals surface area (Å²) in [5, 5.41) is 3.09. The minimum absolute atomic E-state index is 0.0414. The van der Waals surface area contributed by atoms with E-state index < -0.39 is 0 Å². The third kappa shape index (κ3) is 3.83. The van der Waals surface area contributed by atoms with E-state index in [1.165, 1.54) is 12.5 Å². The molecule has 0 aliphatic rings. The lowest BCUT2D eigenvalue weighted by Crippen LogP contribution is -2.05. The van der Waals surface area contributed by atoms with Crippen molar-refractivity contribution in [1.29, 1.82) is 0 Å². The van der Waals surface area contributed by atoms with Crippen molar-refractivity contribution in [2.45, 2.75) is 25.5 Å². The number of thiol groups is 1. The van der Waals surface area contributed by atoms with Gasteiger partial charge >= 0.3 is 0 Å². The van der Waals surface area contributed by atoms with Gasteiger partial charge in [0.2, 0.25) is 5.91 Å². The summed E-state index contributed by atoms with van der Waals surface area (Å²) in [6.45, 7) is 3.56. The molecule has 0 bridgehead atoms. The van der Waals surface area contributed by atoms with Crippen LogP contribution in [0.3, 0.4) is 0 Å². The molecule has 1 aromatic rings. The summed E-state index contributed by atoms with van der Waals surface area (Å²) in [6.07, 6.45) is 0.948. The van der Waals surface area contributed by atoms with Crippen LogP contribution in [0, 0.1) is 0 Å². The highest BCUT2D eigenvalue weighted by Crippen LogP contribution is 2.12. The highest BCUT2D eigenvalue weighted by Gasteiger charge is 1.99. The Bertz CT molecular complexity index is 306. The molecule has 0 radical (unpaired) electrons. The van der Waals surface area contributed by atoms with E-state index in [-0.39, 0.29) is 5.91 Å². The van der Waals surface area contributed by atoms with Gasteiger partial charge in [0.05, 0.1) is 0 Å². The monoisotopic (exact) mass is 209 g/mol. The van der Waals surface area contributed by atoms with E-state index in [2.05, 4.69) is 24.9 Å². The number of carbonyl (C=O) groups is 1. The number of anilines is 1. The first-order chi connectivity index (χ1) is 6.58. The molecule has 0 aromatic heterocycles. The van der Waals surface area contributed by atoms with E-state index in [4.69, 9.17) is 0 Å². The Morgan fingerprint density at radius 2 is 2.00 bits per heavy atom. The molecule has 14 heavy (non-hydrogen) atoms. The topological polar surface area (TPSA) is 29.1 Å². The second-order valence-electron chi connectivity index (χ2n) is 3.43. The molecular formula is C11H15NOS. The van der Waals surface area contributed by atoms with Crippen molar-refractivity contribution < 1.29 is 4.79 Å². The minimum atomic E-state index is -0.0414. The van der Waals surface area contributed by atoms with Crippen LogP contribution in [0.2, 0.25) is 0 Å². The maximum absolute atomic E-state index is 10.8. The molecule has 0 spiro atoms. The molecule has 0 aliphatic carbocycles. The fourth-order valence-electron chi connectivity index (χ4n) is 1.27. The van der Waals surface area contributed by atoms with Gasteiger partial charge in [0, 0.05) is 17.9 Å². The van der Waals surface area contributed by atoms with Crippen molar-refractivity contribution in [1.82, 2.24) is 0 Å². The summed E-state index contributed by atoms with van der Waals surface area (Å²) in [6, 6.07) is 7.84. The summed E-state index contributed by atoms with van der Waals surface area (Å²) in [5.41, 5.74) is 2.08. The van der Waals surface area contributed by atoms with E-state index in [1.807, 2.05) is 24.3 Å². The van der Waals surface area contributed by atoms with Crippen molar-refractivity contribution in [3.05, 3.63) is 29.8 Å². The van der Waals surface area contributed by atoms with E-state index in [0.29, 0.717) is 5.25 Å². The van der Waals surface area contributed by atoms with Crippen LogP contribution in [-0.2, 0) is 11.2 Å². The Morgan fingerprint density at radius 1 is 1.43 bits per heavy atom. The second-order valence-corrected chi connectivity index (χ2v) is 4.31. The molecule has 0 fully saturated rings. The first kappa shape index (κ1) is 11.1. The van der Waals surface area contributed by atoms with Gasteiger partial charge in [-0.3, -0.25) is 4.79 Å². The van der Waals surface area contributed by atoms with Crippen molar-refractivity contribution in [3.8, 4) is 0 Å². The smallest absolute Gasteiger partial charge is 0.221 e. The molecule has 1 atom stereocenters. The zero-order chi connectivity index (χ0) is 10.6. The van der Waals surface area contributed by atoms with Gasteiger partial charge in [-0.15, -0.1) is 0 Å². The van der Waals surface area contributed by atoms with Gasteiger partial charge < -0.3 is 5.32 Å². The van der Waals surface area contributed by atoms with Crippen molar-refractivity contribution in [2.75, 3.05) is 5.32 Å². The van der Waals surface area contributed by atoms with Crippen LogP contribution in [0.5, 0.6) is 0 Å². The Balaban J connectivity index is 2.63. The average molecular weight is 209 g/mol. The highest BCUT2D eigenvalue weighted by atomic mass is 32.1. The molecule has 1 rings (SSSR count). The van der Waals surface area contributed by atoms with Crippen LogP contribution in [0.15, 0.2) is 24.3 Å². The standard InChI is InChI=1S/C11H15NOS/c1-8(14)7-10-3-5-11(6-4-10)12-9(2)13/h3-6,8,14H,7H2,1-2H3,(H,12,13). The van der Waals surface area contributed by atoms with Gasteiger partial charge in [-0.05, 0) is 24.1 Å². The molecule has 0 saturated heterocycles. The Labute approximate surface area is 90.1 Å². The zero-order valence-electron chi connectivity index (χ0n) is 8.45. The van der Waals surface area contributed by atoms with Crippen molar-refractivity contribution in [2.24, 2.45) is 0 Å². The number of hydrogen-bond acceptors (Lipinski definition) is 2. The van der Waals surface area contributed by atoms with Gasteiger partial charge in [0.15, 0.2) is 0 Å². The summed E-state index contributed by atoms with van der Waals surface area (Å²) >= 11 is 4.32. The van der Waals surface area contributed by atoms with Gasteiger partial charge in [0.1, 0.15) is 0 Å². The molecule has 76 valence electrons. The maximum atomic E-state index is 10.8. The lowest BCUT2D eigenvalue weighted by Gasteiger charge is -2.06. The molecule has 1 aromatic carbocycles. The Morgan fingerprint density at radius 3 is 2.43 bits per heavy atom. The lowest BCUT2D eigenvalue weighted by atomic mass is 10.1. The Hall–Kier alpha value is -0.960. The SMILES string of the molecule is CC(=O)Nc1ccc(CC(C)S)cc1. The summed E-state index contributed by atoms with van der Waals surface area (Å²) in [4.78, 5) is 10.8. The Kier molecular flexibility index (Phi) is 4.01. The van der Waals surface area contributed by atoms with Gasteiger partial charge in [-0.1, -0.05) is 19.1 Å². The maximum Gasteiger partial charge on any atom is 0.221 e. The summed E-state index contributed by atoms with van der Waals surface area (Å²) in [5.74, 6) is -0.0414. The van der Waals surface area contributed by atoms with Gasteiger partial charge in [-0.25, -0.2) is 0 Å². The van der Waals surface area contributed by atoms with E-state index >= 15 is 0 Å². The molecule has 1 amide bonds. The van der Waals surface area contributed by atoms with Crippen LogP contribution in [0.25, 0.3) is 0 Å². The minimum Gasteiger partial charge on any atom is -0.326 e. The van der Waals surface area contributed by atoms with Crippen LogP contribution in [-0.4, -0.2) is 11.2 Å². The summed E-state index contributed by atoms with van der Waals surface area (Å²) < 4.78 is 0. The van der Waals surface area contributed by atoms with Crippen molar-refractivity contribution in [3.63, 3.8) is 0 Å². The van der Waals surface area contributed by atoms with E-state index in [9.17, 15) is 4.79 Å².